The number of carbonyl (C=O) groups excluding carboxylic acids is 1. The summed E-state index contributed by atoms with van der Waals surface area (Å²) in [5.41, 5.74) is 0.437. The number of nitrogens with zero attached hydrogens (tertiary/aromatic N) is 2. The van der Waals surface area contributed by atoms with Gasteiger partial charge in [0.15, 0.2) is 0 Å². The maximum absolute atomic E-state index is 12.0. The first-order valence-corrected chi connectivity index (χ1v) is 6.25. The Hall–Kier alpha value is -1.13. The van der Waals surface area contributed by atoms with Crippen molar-refractivity contribution in [3.63, 3.8) is 0 Å². The summed E-state index contributed by atoms with van der Waals surface area (Å²) in [4.78, 5) is 18.4. The van der Waals surface area contributed by atoms with E-state index in [9.17, 15) is 4.79 Å². The molecule has 1 aromatic rings. The second-order valence-corrected chi connectivity index (χ2v) is 5.19. The zero-order chi connectivity index (χ0) is 11.8. The van der Waals surface area contributed by atoms with Crippen LogP contribution in [0.15, 0.2) is 18.3 Å². The van der Waals surface area contributed by atoms with Gasteiger partial charge in [-0.1, -0.05) is 11.6 Å². The fourth-order valence-electron chi connectivity index (χ4n) is 2.70. The number of amides is 1. The quantitative estimate of drug-likeness (QED) is 0.858. The monoisotopic (exact) mass is 251 g/mol. The van der Waals surface area contributed by atoms with Crippen molar-refractivity contribution in [1.82, 2.24) is 15.2 Å². The molecule has 2 fully saturated rings. The molecule has 0 saturated carbocycles. The largest absolute Gasteiger partial charge is 0.346 e. The van der Waals surface area contributed by atoms with E-state index in [-0.39, 0.29) is 11.9 Å². The van der Waals surface area contributed by atoms with Crippen LogP contribution < -0.4 is 5.32 Å². The number of fused-ring (bicyclic) bond motifs is 2. The third-order valence-corrected chi connectivity index (χ3v) is 3.83. The van der Waals surface area contributed by atoms with E-state index in [1.54, 1.807) is 12.1 Å². The summed E-state index contributed by atoms with van der Waals surface area (Å²) < 4.78 is 0. The van der Waals surface area contributed by atoms with E-state index in [2.05, 4.69) is 15.2 Å². The van der Waals surface area contributed by atoms with Gasteiger partial charge in [-0.15, -0.1) is 0 Å². The first kappa shape index (κ1) is 11.0. The van der Waals surface area contributed by atoms with Crippen LogP contribution in [-0.2, 0) is 0 Å². The topological polar surface area (TPSA) is 45.2 Å². The molecule has 1 aromatic heterocycles. The van der Waals surface area contributed by atoms with E-state index in [0.717, 1.165) is 13.1 Å². The highest BCUT2D eigenvalue weighted by atomic mass is 35.5. The second-order valence-electron chi connectivity index (χ2n) is 4.75. The van der Waals surface area contributed by atoms with Gasteiger partial charge in [-0.2, -0.15) is 0 Å². The molecule has 2 saturated heterocycles. The van der Waals surface area contributed by atoms with Crippen LogP contribution in [0.2, 0.25) is 5.02 Å². The lowest BCUT2D eigenvalue weighted by molar-refractivity contribution is 0.0919. The molecule has 2 aliphatic rings. The predicted molar refractivity (Wildman–Crippen MR) is 65.0 cm³/mol. The molecule has 2 bridgehead atoms. The molecule has 1 N–H and O–H groups in total. The number of pyridine rings is 1. The Bertz CT molecular complexity index is 434. The van der Waals surface area contributed by atoms with Crippen LogP contribution >= 0.6 is 11.6 Å². The summed E-state index contributed by atoms with van der Waals surface area (Å²) >= 11 is 5.74. The molecule has 3 rings (SSSR count). The third-order valence-electron chi connectivity index (χ3n) is 3.61. The number of rotatable bonds is 2. The number of halogens is 1. The SMILES string of the molecule is O=C(NC1CN2CCC1C2)c1ccc(Cl)cn1. The fourth-order valence-corrected chi connectivity index (χ4v) is 2.81. The highest BCUT2D eigenvalue weighted by Gasteiger charge is 2.38. The maximum atomic E-state index is 12.0. The van der Waals surface area contributed by atoms with Gasteiger partial charge >= 0.3 is 0 Å². The van der Waals surface area contributed by atoms with Gasteiger partial charge in [0, 0.05) is 25.3 Å². The number of aromatic nitrogens is 1. The lowest BCUT2D eigenvalue weighted by atomic mass is 10.00. The van der Waals surface area contributed by atoms with Crippen molar-refractivity contribution in [3.05, 3.63) is 29.0 Å². The standard InChI is InChI=1S/C12H14ClN3O/c13-9-1-2-10(14-5-9)12(17)15-11-7-16-4-3-8(11)6-16/h1-2,5,8,11H,3-4,6-7H2,(H,15,17). The average molecular weight is 252 g/mol. The molecule has 3 atom stereocenters. The van der Waals surface area contributed by atoms with Crippen LogP contribution in [0, 0.1) is 5.92 Å². The Labute approximate surface area is 105 Å². The molecular weight excluding hydrogens is 238 g/mol. The number of piperidine rings is 1. The second kappa shape index (κ2) is 4.27. The van der Waals surface area contributed by atoms with Crippen molar-refractivity contribution >= 4 is 17.5 Å². The van der Waals surface area contributed by atoms with Gasteiger partial charge in [0.1, 0.15) is 5.69 Å². The normalized spacial score (nSPS) is 30.5. The molecule has 0 radical (unpaired) electrons. The predicted octanol–water partition coefficient (Wildman–Crippen LogP) is 1.17. The van der Waals surface area contributed by atoms with Gasteiger partial charge in [-0.25, -0.2) is 4.98 Å². The molecule has 5 heteroatoms. The summed E-state index contributed by atoms with van der Waals surface area (Å²) in [6.07, 6.45) is 2.69. The number of hydrogen-bond acceptors (Lipinski definition) is 3. The molecular formula is C12H14ClN3O. The van der Waals surface area contributed by atoms with Gasteiger partial charge in [0.2, 0.25) is 0 Å². The van der Waals surface area contributed by atoms with Crippen molar-refractivity contribution in [2.75, 3.05) is 19.6 Å². The van der Waals surface area contributed by atoms with E-state index in [0.29, 0.717) is 16.6 Å². The first-order valence-electron chi connectivity index (χ1n) is 5.87. The highest BCUT2D eigenvalue weighted by Crippen LogP contribution is 2.27. The van der Waals surface area contributed by atoms with E-state index in [4.69, 9.17) is 11.6 Å². The number of hydrogen-bond donors (Lipinski definition) is 1. The van der Waals surface area contributed by atoms with E-state index >= 15 is 0 Å². The molecule has 17 heavy (non-hydrogen) atoms. The maximum Gasteiger partial charge on any atom is 0.270 e. The molecule has 0 spiro atoms. The van der Waals surface area contributed by atoms with Crippen LogP contribution in [0.1, 0.15) is 16.9 Å². The summed E-state index contributed by atoms with van der Waals surface area (Å²) in [7, 11) is 0. The molecule has 3 unspecified atom stereocenters. The van der Waals surface area contributed by atoms with Crippen molar-refractivity contribution < 1.29 is 4.79 Å². The molecule has 0 aliphatic carbocycles. The smallest absolute Gasteiger partial charge is 0.270 e. The summed E-state index contributed by atoms with van der Waals surface area (Å²) in [5, 5.41) is 3.61. The molecule has 2 aliphatic heterocycles. The van der Waals surface area contributed by atoms with Gasteiger partial charge < -0.3 is 10.2 Å². The van der Waals surface area contributed by atoms with E-state index in [1.165, 1.54) is 19.2 Å². The number of nitrogens with one attached hydrogen (secondary N) is 1. The van der Waals surface area contributed by atoms with Crippen LogP contribution in [0.3, 0.4) is 0 Å². The van der Waals surface area contributed by atoms with Crippen molar-refractivity contribution in [3.8, 4) is 0 Å². The Kier molecular flexibility index (Phi) is 2.76. The summed E-state index contributed by atoms with van der Waals surface area (Å²) in [5.74, 6) is 0.520. The van der Waals surface area contributed by atoms with Gasteiger partial charge in [-0.05, 0) is 31.0 Å². The zero-order valence-corrected chi connectivity index (χ0v) is 10.2. The first-order chi connectivity index (χ1) is 8.22. The average Bonchev–Trinajstić information content (AvgIpc) is 2.91. The lowest BCUT2D eigenvalue weighted by Gasteiger charge is -2.22. The van der Waals surface area contributed by atoms with E-state index in [1.807, 2.05) is 0 Å². The Morgan fingerprint density at radius 2 is 2.35 bits per heavy atom. The molecule has 4 nitrogen and oxygen atoms in total. The third kappa shape index (κ3) is 2.15. The Morgan fingerprint density at radius 1 is 1.47 bits per heavy atom. The molecule has 0 aromatic carbocycles. The van der Waals surface area contributed by atoms with Gasteiger partial charge in [0.05, 0.1) is 5.02 Å². The summed E-state index contributed by atoms with van der Waals surface area (Å²) in [6, 6.07) is 3.63. The molecule has 1 amide bonds. The van der Waals surface area contributed by atoms with Gasteiger partial charge in [-0.3, -0.25) is 4.79 Å². The number of carbonyl (C=O) groups is 1. The van der Waals surface area contributed by atoms with Crippen LogP contribution in [0.4, 0.5) is 0 Å². The minimum Gasteiger partial charge on any atom is -0.346 e. The minimum atomic E-state index is -0.0968. The minimum absolute atomic E-state index is 0.0968. The zero-order valence-electron chi connectivity index (χ0n) is 9.40. The van der Waals surface area contributed by atoms with Crippen molar-refractivity contribution in [2.24, 2.45) is 5.92 Å². The van der Waals surface area contributed by atoms with Crippen molar-refractivity contribution in [2.45, 2.75) is 12.5 Å². The lowest BCUT2D eigenvalue weighted by Crippen LogP contribution is -2.43. The van der Waals surface area contributed by atoms with Gasteiger partial charge in [0.25, 0.3) is 5.91 Å². The highest BCUT2D eigenvalue weighted by molar-refractivity contribution is 6.30. The van der Waals surface area contributed by atoms with Crippen molar-refractivity contribution in [1.29, 1.82) is 0 Å². The molecule has 90 valence electrons. The van der Waals surface area contributed by atoms with E-state index < -0.39 is 0 Å². The summed E-state index contributed by atoms with van der Waals surface area (Å²) in [6.45, 7) is 3.28. The van der Waals surface area contributed by atoms with Crippen LogP contribution in [0.25, 0.3) is 0 Å². The van der Waals surface area contributed by atoms with Crippen LogP contribution in [0.5, 0.6) is 0 Å². The fraction of sp³-hybridized carbons (Fsp3) is 0.500. The Balaban J connectivity index is 1.65. The molecule has 3 heterocycles. The Morgan fingerprint density at radius 3 is 2.94 bits per heavy atom. The van der Waals surface area contributed by atoms with Crippen LogP contribution in [-0.4, -0.2) is 41.5 Å².